The van der Waals surface area contributed by atoms with Gasteiger partial charge in [-0.25, -0.2) is 4.98 Å². The summed E-state index contributed by atoms with van der Waals surface area (Å²) in [7, 11) is -9.22. The number of hydrogen-bond donors (Lipinski definition) is 3. The smallest absolute Gasteiger partial charge is 0.296 e. The Labute approximate surface area is 270 Å². The van der Waals surface area contributed by atoms with Crippen LogP contribution in [0.5, 0.6) is 0 Å². The fraction of sp³-hybridized carbons (Fsp3) is 0.0769. The van der Waals surface area contributed by atoms with Crippen LogP contribution in [-0.4, -0.2) is 53.6 Å². The van der Waals surface area contributed by atoms with Crippen molar-refractivity contribution < 1.29 is 30.7 Å². The molecule has 1 aromatic heterocycles. The Balaban J connectivity index is 1.37. The molecular formula is C26H18Cl3N7O7S2. The molecule has 45 heavy (non-hydrogen) atoms. The number of nitrogens with one attached hydrogen (secondary N) is 1. The third-order valence-electron chi connectivity index (χ3n) is 6.26. The highest BCUT2D eigenvalue weighted by Gasteiger charge is 2.35. The lowest BCUT2D eigenvalue weighted by atomic mass is 10.0. The largest absolute Gasteiger partial charge is 0.339 e. The first-order chi connectivity index (χ1) is 21.1. The monoisotopic (exact) mass is 709 g/mol. The molecule has 232 valence electrons. The van der Waals surface area contributed by atoms with E-state index in [1.54, 1.807) is 30.3 Å². The minimum Gasteiger partial charge on any atom is -0.339 e. The molecule has 1 unspecified atom stereocenters. The van der Waals surface area contributed by atoms with Crippen LogP contribution in [0.25, 0.3) is 11.1 Å². The predicted octanol–water partition coefficient (Wildman–Crippen LogP) is 6.22. The average Bonchev–Trinajstić information content (AvgIpc) is 3.26. The van der Waals surface area contributed by atoms with E-state index in [0.29, 0.717) is 16.8 Å². The number of halogens is 3. The molecule has 4 aromatic rings. The van der Waals surface area contributed by atoms with Crippen LogP contribution in [0.15, 0.2) is 91.9 Å². The van der Waals surface area contributed by atoms with Crippen molar-refractivity contribution in [3.8, 4) is 11.1 Å². The van der Waals surface area contributed by atoms with Gasteiger partial charge < -0.3 is 5.32 Å². The topological polar surface area (TPSA) is 204 Å². The molecule has 1 atom stereocenters. The van der Waals surface area contributed by atoms with Crippen molar-refractivity contribution in [2.24, 2.45) is 15.3 Å². The molecule has 3 aromatic carbocycles. The highest BCUT2D eigenvalue weighted by molar-refractivity contribution is 7.86. The van der Waals surface area contributed by atoms with Crippen molar-refractivity contribution in [1.29, 1.82) is 0 Å². The third-order valence-corrected chi connectivity index (χ3v) is 8.91. The standard InChI is InChI=1S/C26H18Cl3N7O7S2/c1-13-22(25(37)36(35-13)17-7-9-18(10-8-17)44(38,39)40)34-33-19-11-4-15(12-20(19)45(41,42)43)14-2-5-16(6-3-14)30-24-21(27)23(28)31-26(29)32-24/h2-12,22H,1H3,(H,30,31,32)(H,38,39,40)(H,41,42,43). The van der Waals surface area contributed by atoms with Crippen molar-refractivity contribution in [1.82, 2.24) is 9.97 Å². The average molecular weight is 711 g/mol. The number of carbonyl (C=O) groups is 1. The Kier molecular flexibility index (Phi) is 8.92. The van der Waals surface area contributed by atoms with E-state index < -0.39 is 37.1 Å². The number of hydrogen-bond acceptors (Lipinski definition) is 11. The molecule has 0 radical (unpaired) electrons. The summed E-state index contributed by atoms with van der Waals surface area (Å²) in [5.41, 5.74) is 1.71. The Morgan fingerprint density at radius 1 is 0.867 bits per heavy atom. The van der Waals surface area contributed by atoms with E-state index in [4.69, 9.17) is 39.4 Å². The zero-order valence-corrected chi connectivity index (χ0v) is 26.4. The summed E-state index contributed by atoms with van der Waals surface area (Å²) in [5, 5.41) is 15.9. The molecule has 0 bridgehead atoms. The first-order valence-corrected chi connectivity index (χ1v) is 16.4. The van der Waals surface area contributed by atoms with Crippen molar-refractivity contribution >= 4 is 89.5 Å². The van der Waals surface area contributed by atoms with Crippen LogP contribution in [0.4, 0.5) is 22.9 Å². The molecular weight excluding hydrogens is 693 g/mol. The van der Waals surface area contributed by atoms with Gasteiger partial charge in [-0.1, -0.05) is 41.4 Å². The molecule has 1 amide bonds. The SMILES string of the molecule is CC1=NN(c2ccc(S(=O)(=O)O)cc2)C(=O)C1N=Nc1ccc(-c2ccc(Nc3nc(Cl)nc(Cl)c3Cl)cc2)cc1S(=O)(=O)O. The minimum absolute atomic E-state index is 0.0316. The van der Waals surface area contributed by atoms with Gasteiger partial charge >= 0.3 is 0 Å². The maximum atomic E-state index is 13.0. The van der Waals surface area contributed by atoms with E-state index >= 15 is 0 Å². The fourth-order valence-corrected chi connectivity index (χ4v) is 5.74. The van der Waals surface area contributed by atoms with E-state index in [2.05, 4.69) is 30.6 Å². The highest BCUT2D eigenvalue weighted by atomic mass is 35.5. The van der Waals surface area contributed by atoms with Gasteiger partial charge in [-0.2, -0.15) is 42.2 Å². The summed E-state index contributed by atoms with van der Waals surface area (Å²) in [5.74, 6) is -0.473. The van der Waals surface area contributed by atoms with E-state index in [1.807, 2.05) is 0 Å². The highest BCUT2D eigenvalue weighted by Crippen LogP contribution is 2.34. The van der Waals surface area contributed by atoms with Gasteiger partial charge in [0.15, 0.2) is 17.0 Å². The van der Waals surface area contributed by atoms with E-state index in [1.165, 1.54) is 31.2 Å². The lowest BCUT2D eigenvalue weighted by Crippen LogP contribution is -2.29. The number of rotatable bonds is 8. The van der Waals surface area contributed by atoms with Crippen molar-refractivity contribution in [3.63, 3.8) is 0 Å². The zero-order valence-electron chi connectivity index (χ0n) is 22.5. The van der Waals surface area contributed by atoms with Crippen LogP contribution in [0.1, 0.15) is 6.92 Å². The number of hydrazone groups is 1. The number of aromatic nitrogens is 2. The molecule has 1 aliphatic rings. The van der Waals surface area contributed by atoms with Crippen LogP contribution >= 0.6 is 34.8 Å². The molecule has 2 heterocycles. The van der Waals surface area contributed by atoms with Gasteiger partial charge in [0.25, 0.3) is 26.1 Å². The number of amides is 1. The number of benzene rings is 3. The van der Waals surface area contributed by atoms with Crippen LogP contribution < -0.4 is 10.3 Å². The number of azo groups is 1. The van der Waals surface area contributed by atoms with E-state index in [9.17, 15) is 26.2 Å². The molecule has 3 N–H and O–H groups in total. The number of anilines is 3. The quantitative estimate of drug-likeness (QED) is 0.0815. The van der Waals surface area contributed by atoms with E-state index in [0.717, 1.165) is 17.1 Å². The van der Waals surface area contributed by atoms with Gasteiger partial charge in [0.1, 0.15) is 15.6 Å². The van der Waals surface area contributed by atoms with Crippen LogP contribution in [0.3, 0.4) is 0 Å². The van der Waals surface area contributed by atoms with Gasteiger partial charge in [-0.05, 0) is 78.2 Å². The number of nitrogens with zero attached hydrogens (tertiary/aromatic N) is 6. The fourth-order valence-electron chi connectivity index (χ4n) is 4.10. The summed E-state index contributed by atoms with van der Waals surface area (Å²) in [6.07, 6.45) is 0. The van der Waals surface area contributed by atoms with E-state index in [-0.39, 0.29) is 43.3 Å². The lowest BCUT2D eigenvalue weighted by Gasteiger charge is -2.13. The second-order valence-electron chi connectivity index (χ2n) is 9.28. The second-order valence-corrected chi connectivity index (χ2v) is 13.2. The van der Waals surface area contributed by atoms with Gasteiger partial charge in [-0.15, -0.1) is 0 Å². The van der Waals surface area contributed by atoms with Crippen LogP contribution in [0, 0.1) is 0 Å². The molecule has 0 aliphatic carbocycles. The summed E-state index contributed by atoms with van der Waals surface area (Å²) >= 11 is 17.9. The summed E-state index contributed by atoms with van der Waals surface area (Å²) in [6.45, 7) is 1.50. The Bertz CT molecular complexity index is 2110. The molecule has 0 saturated carbocycles. The molecule has 1 aliphatic heterocycles. The Hall–Kier alpha value is -4.03. The number of carbonyl (C=O) groups excluding carboxylic acids is 1. The van der Waals surface area contributed by atoms with Gasteiger partial charge in [0, 0.05) is 5.69 Å². The molecule has 19 heteroatoms. The molecule has 0 saturated heterocycles. The first kappa shape index (κ1) is 32.4. The van der Waals surface area contributed by atoms with Crippen molar-refractivity contribution in [2.45, 2.75) is 22.8 Å². The summed E-state index contributed by atoms with van der Waals surface area (Å²) < 4.78 is 66.3. The van der Waals surface area contributed by atoms with Crippen LogP contribution in [-0.2, 0) is 25.0 Å². The third kappa shape index (κ3) is 7.12. The molecule has 14 nitrogen and oxygen atoms in total. The maximum absolute atomic E-state index is 13.0. The Morgan fingerprint density at radius 2 is 1.51 bits per heavy atom. The molecule has 0 spiro atoms. The lowest BCUT2D eigenvalue weighted by molar-refractivity contribution is -0.117. The van der Waals surface area contributed by atoms with Gasteiger partial charge in [-0.3, -0.25) is 13.9 Å². The second kappa shape index (κ2) is 12.4. The maximum Gasteiger partial charge on any atom is 0.296 e. The molecule has 0 fully saturated rings. The van der Waals surface area contributed by atoms with Crippen LogP contribution in [0.2, 0.25) is 15.5 Å². The molecule has 5 rings (SSSR count). The summed E-state index contributed by atoms with van der Waals surface area (Å²) in [4.78, 5) is 19.8. The minimum atomic E-state index is -4.78. The zero-order chi connectivity index (χ0) is 32.7. The Morgan fingerprint density at radius 3 is 2.13 bits per heavy atom. The van der Waals surface area contributed by atoms with Gasteiger partial charge in [0.05, 0.1) is 16.3 Å². The predicted molar refractivity (Wildman–Crippen MR) is 167 cm³/mol. The van der Waals surface area contributed by atoms with Crippen molar-refractivity contribution in [2.75, 3.05) is 10.3 Å². The van der Waals surface area contributed by atoms with Crippen molar-refractivity contribution in [3.05, 3.63) is 82.2 Å². The van der Waals surface area contributed by atoms with Gasteiger partial charge in [0.2, 0.25) is 5.28 Å². The normalized spacial score (nSPS) is 15.5. The summed E-state index contributed by atoms with van der Waals surface area (Å²) in [6, 6.07) is 14.2. The first-order valence-electron chi connectivity index (χ1n) is 12.4.